The quantitative estimate of drug-likeness (QED) is 0.420. The van der Waals surface area contributed by atoms with Gasteiger partial charge >= 0.3 is 0 Å². The molecule has 0 aliphatic rings. The molecule has 0 atom stereocenters. The maximum absolute atomic E-state index is 5.84. The van der Waals surface area contributed by atoms with Crippen LogP contribution in [0.1, 0.15) is 39.0 Å². The first kappa shape index (κ1) is 16.9. The molecule has 3 nitrogen and oxygen atoms in total. The third kappa shape index (κ3) is 8.08. The van der Waals surface area contributed by atoms with Crippen LogP contribution in [0.2, 0.25) is 5.02 Å². The minimum Gasteiger partial charge on any atom is -0.360 e. The van der Waals surface area contributed by atoms with Crippen molar-refractivity contribution in [2.75, 3.05) is 18.5 Å². The van der Waals surface area contributed by atoms with Gasteiger partial charge in [0, 0.05) is 10.7 Å². The van der Waals surface area contributed by atoms with Crippen LogP contribution in [-0.4, -0.2) is 13.2 Å². The third-order valence-corrected chi connectivity index (χ3v) is 3.28. The summed E-state index contributed by atoms with van der Waals surface area (Å²) >= 11 is 5.84. The van der Waals surface area contributed by atoms with Crippen LogP contribution in [0, 0.1) is 0 Å². The van der Waals surface area contributed by atoms with Gasteiger partial charge < -0.3 is 16.0 Å². The highest BCUT2D eigenvalue weighted by Crippen LogP contribution is 2.13. The van der Waals surface area contributed by atoms with E-state index >= 15 is 0 Å². The Morgan fingerprint density at radius 2 is 1.80 bits per heavy atom. The van der Waals surface area contributed by atoms with Crippen LogP contribution in [0.4, 0.5) is 5.69 Å². The fourth-order valence-corrected chi connectivity index (χ4v) is 1.99. The highest BCUT2D eigenvalue weighted by molar-refractivity contribution is 6.30. The van der Waals surface area contributed by atoms with E-state index in [2.05, 4.69) is 29.5 Å². The van der Waals surface area contributed by atoms with Gasteiger partial charge in [0.15, 0.2) is 0 Å². The summed E-state index contributed by atoms with van der Waals surface area (Å²) < 4.78 is 0. The Morgan fingerprint density at radius 3 is 2.50 bits per heavy atom. The molecule has 20 heavy (non-hydrogen) atoms. The molecular weight excluding hydrogens is 270 g/mol. The average Bonchev–Trinajstić information content (AvgIpc) is 2.44. The van der Waals surface area contributed by atoms with E-state index in [1.54, 1.807) is 0 Å². The molecule has 0 spiro atoms. The summed E-state index contributed by atoms with van der Waals surface area (Å²) in [5.74, 6) is 0.783. The molecule has 0 aliphatic carbocycles. The number of halogens is 1. The van der Waals surface area contributed by atoms with Gasteiger partial charge in [0.05, 0.1) is 12.5 Å². The second-order valence-electron chi connectivity index (χ2n) is 4.88. The fourth-order valence-electron chi connectivity index (χ4n) is 1.86. The third-order valence-electron chi connectivity index (χ3n) is 3.02. The molecule has 0 unspecified atom stereocenters. The molecule has 0 amide bonds. The zero-order valence-corrected chi connectivity index (χ0v) is 13.1. The Kier molecular flexibility index (Phi) is 8.92. The highest BCUT2D eigenvalue weighted by atomic mass is 35.5. The second-order valence-corrected chi connectivity index (χ2v) is 5.31. The van der Waals surface area contributed by atoms with Crippen LogP contribution in [0.25, 0.3) is 0 Å². The molecule has 0 radical (unpaired) electrons. The van der Waals surface area contributed by atoms with Crippen molar-refractivity contribution in [2.24, 2.45) is 0 Å². The molecule has 0 saturated carbocycles. The van der Waals surface area contributed by atoms with Crippen molar-refractivity contribution in [3.63, 3.8) is 0 Å². The minimum absolute atomic E-state index is 0.729. The van der Waals surface area contributed by atoms with E-state index in [0.717, 1.165) is 29.7 Å². The normalized spacial score (nSPS) is 10.3. The van der Waals surface area contributed by atoms with Crippen LogP contribution < -0.4 is 16.0 Å². The molecule has 3 N–H and O–H groups in total. The van der Waals surface area contributed by atoms with Gasteiger partial charge in [0.2, 0.25) is 0 Å². The van der Waals surface area contributed by atoms with E-state index in [1.807, 2.05) is 24.3 Å². The fraction of sp³-hybridized carbons (Fsp3) is 0.500. The standard InChI is InChI=1S/C16H26ClN3/c1-3-4-5-6-7-12-18-13-19-14(2)20-16-10-8-15(17)9-11-16/h8-11,18-20H,2-7,12-13H2,1H3. The SMILES string of the molecule is C=C(NCNCCCCCCC)Nc1ccc(Cl)cc1. The van der Waals surface area contributed by atoms with Gasteiger partial charge in [0.25, 0.3) is 0 Å². The number of hydrogen-bond donors (Lipinski definition) is 3. The van der Waals surface area contributed by atoms with E-state index in [9.17, 15) is 0 Å². The second kappa shape index (κ2) is 10.6. The zero-order chi connectivity index (χ0) is 14.6. The van der Waals surface area contributed by atoms with Crippen molar-refractivity contribution < 1.29 is 0 Å². The number of nitrogens with one attached hydrogen (secondary N) is 3. The Morgan fingerprint density at radius 1 is 1.10 bits per heavy atom. The van der Waals surface area contributed by atoms with E-state index in [0.29, 0.717) is 0 Å². The highest BCUT2D eigenvalue weighted by Gasteiger charge is 1.95. The molecule has 112 valence electrons. The van der Waals surface area contributed by atoms with E-state index in [4.69, 9.17) is 11.6 Å². The van der Waals surface area contributed by atoms with Gasteiger partial charge in [-0.2, -0.15) is 0 Å². The van der Waals surface area contributed by atoms with Crippen molar-refractivity contribution in [3.8, 4) is 0 Å². The maximum atomic E-state index is 5.84. The molecule has 0 heterocycles. The number of benzene rings is 1. The smallest absolute Gasteiger partial charge is 0.0967 e. The van der Waals surface area contributed by atoms with Crippen molar-refractivity contribution in [3.05, 3.63) is 41.7 Å². The molecule has 0 saturated heterocycles. The summed E-state index contributed by atoms with van der Waals surface area (Å²) in [7, 11) is 0. The predicted octanol–water partition coefficient (Wildman–Crippen LogP) is 4.33. The number of hydrogen-bond acceptors (Lipinski definition) is 3. The lowest BCUT2D eigenvalue weighted by atomic mass is 10.1. The summed E-state index contributed by atoms with van der Waals surface area (Å²) in [6.45, 7) is 7.95. The van der Waals surface area contributed by atoms with Crippen molar-refractivity contribution >= 4 is 17.3 Å². The Balaban J connectivity index is 2.01. The van der Waals surface area contributed by atoms with Gasteiger partial charge in [-0.1, -0.05) is 50.8 Å². The lowest BCUT2D eigenvalue weighted by Gasteiger charge is -2.13. The summed E-state index contributed by atoms with van der Waals surface area (Å²) in [4.78, 5) is 0. The first-order valence-electron chi connectivity index (χ1n) is 7.38. The number of rotatable bonds is 11. The molecule has 1 aromatic carbocycles. The van der Waals surface area contributed by atoms with E-state index in [-0.39, 0.29) is 0 Å². The molecule has 0 aliphatic heterocycles. The van der Waals surface area contributed by atoms with Gasteiger partial charge in [-0.05, 0) is 37.2 Å². The number of unbranched alkanes of at least 4 members (excludes halogenated alkanes) is 4. The van der Waals surface area contributed by atoms with E-state index < -0.39 is 0 Å². The molecule has 0 bridgehead atoms. The van der Waals surface area contributed by atoms with Crippen molar-refractivity contribution in [1.82, 2.24) is 10.6 Å². The van der Waals surface area contributed by atoms with Crippen molar-refractivity contribution in [2.45, 2.75) is 39.0 Å². The molecular formula is C16H26ClN3. The van der Waals surface area contributed by atoms with Crippen LogP contribution in [0.15, 0.2) is 36.7 Å². The summed E-state index contributed by atoms with van der Waals surface area (Å²) in [5, 5.41) is 10.5. The topological polar surface area (TPSA) is 36.1 Å². The molecule has 4 heteroatoms. The lowest BCUT2D eigenvalue weighted by molar-refractivity contribution is 0.567. The number of anilines is 1. The largest absolute Gasteiger partial charge is 0.360 e. The van der Waals surface area contributed by atoms with Crippen molar-refractivity contribution in [1.29, 1.82) is 0 Å². The van der Waals surface area contributed by atoms with E-state index in [1.165, 1.54) is 32.1 Å². The first-order chi connectivity index (χ1) is 9.72. The average molecular weight is 296 g/mol. The maximum Gasteiger partial charge on any atom is 0.0967 e. The van der Waals surface area contributed by atoms with Crippen LogP contribution in [0.5, 0.6) is 0 Å². The lowest BCUT2D eigenvalue weighted by Crippen LogP contribution is -2.31. The van der Waals surface area contributed by atoms with Gasteiger partial charge in [-0.3, -0.25) is 0 Å². The Hall–Kier alpha value is -1.19. The zero-order valence-electron chi connectivity index (χ0n) is 12.3. The minimum atomic E-state index is 0.729. The molecule has 0 aromatic heterocycles. The molecule has 1 aromatic rings. The summed E-state index contributed by atoms with van der Waals surface area (Å²) in [6, 6.07) is 7.56. The Bertz CT molecular complexity index is 376. The monoisotopic (exact) mass is 295 g/mol. The molecule has 1 rings (SSSR count). The van der Waals surface area contributed by atoms with Crippen LogP contribution in [0.3, 0.4) is 0 Å². The Labute approximate surface area is 127 Å². The van der Waals surface area contributed by atoms with Gasteiger partial charge in [0.1, 0.15) is 0 Å². The first-order valence-corrected chi connectivity index (χ1v) is 7.76. The summed E-state index contributed by atoms with van der Waals surface area (Å²) in [6.07, 6.45) is 6.53. The predicted molar refractivity (Wildman–Crippen MR) is 89.0 cm³/mol. The molecule has 0 fully saturated rings. The summed E-state index contributed by atoms with van der Waals surface area (Å²) in [5.41, 5.74) is 0.978. The van der Waals surface area contributed by atoms with Crippen LogP contribution >= 0.6 is 11.6 Å². The van der Waals surface area contributed by atoms with Gasteiger partial charge in [-0.25, -0.2) is 0 Å². The van der Waals surface area contributed by atoms with Crippen LogP contribution in [-0.2, 0) is 0 Å². The van der Waals surface area contributed by atoms with Gasteiger partial charge in [-0.15, -0.1) is 0 Å².